The Morgan fingerprint density at radius 2 is 1.69 bits per heavy atom. The van der Waals surface area contributed by atoms with Crippen LogP contribution in [-0.2, 0) is 24.4 Å². The largest absolute Gasteiger partial charge is 0.508 e. The van der Waals surface area contributed by atoms with Gasteiger partial charge in [0.25, 0.3) is 0 Å². The molecule has 7 nitrogen and oxygen atoms in total. The Labute approximate surface area is 187 Å². The number of carbonyl (C=O) groups excluding carboxylic acids is 1. The van der Waals surface area contributed by atoms with Crippen LogP contribution < -0.4 is 25.3 Å². The van der Waals surface area contributed by atoms with E-state index >= 15 is 0 Å². The molecule has 0 aliphatic carbocycles. The van der Waals surface area contributed by atoms with Crippen LogP contribution >= 0.6 is 0 Å². The number of rotatable bonds is 11. The number of phenols is 1. The molecule has 4 N–H and O–H groups in total. The van der Waals surface area contributed by atoms with Crippen molar-refractivity contribution in [3.63, 3.8) is 0 Å². The Kier molecular flexibility index (Phi) is 7.94. The van der Waals surface area contributed by atoms with Crippen LogP contribution in [0.1, 0.15) is 16.7 Å². The lowest BCUT2D eigenvalue weighted by Gasteiger charge is -2.17. The molecule has 0 heterocycles. The number of primary amides is 1. The van der Waals surface area contributed by atoms with Gasteiger partial charge in [-0.1, -0.05) is 30.3 Å². The molecule has 1 atom stereocenters. The van der Waals surface area contributed by atoms with Gasteiger partial charge in [-0.3, -0.25) is 4.79 Å². The van der Waals surface area contributed by atoms with Crippen LogP contribution in [0.25, 0.3) is 0 Å². The van der Waals surface area contributed by atoms with Crippen molar-refractivity contribution < 1.29 is 24.1 Å². The van der Waals surface area contributed by atoms with Gasteiger partial charge in [-0.05, 0) is 59.5 Å². The zero-order valence-corrected chi connectivity index (χ0v) is 18.2. The number of benzene rings is 3. The van der Waals surface area contributed by atoms with Crippen LogP contribution in [0.15, 0.2) is 66.7 Å². The molecule has 168 valence electrons. The second kappa shape index (κ2) is 11.1. The van der Waals surface area contributed by atoms with Crippen molar-refractivity contribution in [3.05, 3.63) is 83.4 Å². The fourth-order valence-electron chi connectivity index (χ4n) is 3.25. The second-order valence-corrected chi connectivity index (χ2v) is 7.33. The standard InChI is InChI=1S/C25H28N2O5/c1-30-21-5-3-4-19(12-21)16-32-23-11-8-18(14-24(23)31-2)15-27-22(25(26)29)13-17-6-9-20(28)10-7-17/h3-12,14,22,27-28H,13,15-16H2,1-2H3,(H2,26,29). The van der Waals surface area contributed by atoms with Gasteiger partial charge in [0.15, 0.2) is 11.5 Å². The van der Waals surface area contributed by atoms with Gasteiger partial charge >= 0.3 is 0 Å². The number of hydrogen-bond donors (Lipinski definition) is 3. The minimum absolute atomic E-state index is 0.179. The monoisotopic (exact) mass is 436 g/mol. The summed E-state index contributed by atoms with van der Waals surface area (Å²) in [4.78, 5) is 11.9. The lowest BCUT2D eigenvalue weighted by molar-refractivity contribution is -0.120. The summed E-state index contributed by atoms with van der Waals surface area (Å²) in [6, 6.07) is 19.5. The van der Waals surface area contributed by atoms with Crippen molar-refractivity contribution in [2.45, 2.75) is 25.6 Å². The second-order valence-electron chi connectivity index (χ2n) is 7.33. The van der Waals surface area contributed by atoms with E-state index in [2.05, 4.69) is 5.32 Å². The van der Waals surface area contributed by atoms with Crippen LogP contribution in [0.4, 0.5) is 0 Å². The van der Waals surface area contributed by atoms with Gasteiger partial charge in [-0.2, -0.15) is 0 Å². The van der Waals surface area contributed by atoms with E-state index in [1.807, 2.05) is 42.5 Å². The topological polar surface area (TPSA) is 103 Å². The van der Waals surface area contributed by atoms with Crippen molar-refractivity contribution in [1.29, 1.82) is 0 Å². The Balaban J connectivity index is 1.62. The smallest absolute Gasteiger partial charge is 0.234 e. The van der Waals surface area contributed by atoms with Gasteiger partial charge in [0.2, 0.25) is 5.91 Å². The Hall–Kier alpha value is -3.71. The fraction of sp³-hybridized carbons (Fsp3) is 0.240. The summed E-state index contributed by atoms with van der Waals surface area (Å²) in [6.45, 7) is 0.805. The fourth-order valence-corrected chi connectivity index (χ4v) is 3.25. The molecule has 3 aromatic rings. The highest BCUT2D eigenvalue weighted by atomic mass is 16.5. The van der Waals surface area contributed by atoms with Gasteiger partial charge < -0.3 is 30.4 Å². The van der Waals surface area contributed by atoms with Crippen molar-refractivity contribution >= 4 is 5.91 Å². The van der Waals surface area contributed by atoms with Crippen LogP contribution in [0, 0.1) is 0 Å². The average molecular weight is 437 g/mol. The summed E-state index contributed by atoms with van der Waals surface area (Å²) in [7, 11) is 3.21. The normalized spacial score (nSPS) is 11.6. The van der Waals surface area contributed by atoms with Crippen molar-refractivity contribution in [2.75, 3.05) is 14.2 Å². The first-order chi connectivity index (χ1) is 15.5. The van der Waals surface area contributed by atoms with Crippen molar-refractivity contribution in [3.8, 4) is 23.0 Å². The third kappa shape index (κ3) is 6.39. The molecule has 0 bridgehead atoms. The van der Waals surface area contributed by atoms with E-state index in [1.165, 1.54) is 0 Å². The SMILES string of the molecule is COc1cccc(COc2ccc(CNC(Cc3ccc(O)cc3)C(N)=O)cc2OC)c1. The number of ether oxygens (including phenoxy) is 3. The van der Waals surface area contributed by atoms with E-state index in [-0.39, 0.29) is 5.75 Å². The number of nitrogens with one attached hydrogen (secondary N) is 1. The summed E-state index contributed by atoms with van der Waals surface area (Å²) in [5.74, 6) is 1.73. The molecular formula is C25H28N2O5. The van der Waals surface area contributed by atoms with Crippen LogP contribution in [0.3, 0.4) is 0 Å². The zero-order valence-electron chi connectivity index (χ0n) is 18.2. The van der Waals surface area contributed by atoms with E-state index < -0.39 is 11.9 Å². The van der Waals surface area contributed by atoms with E-state index in [9.17, 15) is 9.90 Å². The number of aromatic hydroxyl groups is 1. The molecule has 0 aliphatic heterocycles. The maximum atomic E-state index is 11.9. The van der Waals surface area contributed by atoms with E-state index in [1.54, 1.807) is 38.5 Å². The van der Waals surface area contributed by atoms with Crippen LogP contribution in [0.5, 0.6) is 23.0 Å². The number of nitrogens with two attached hydrogens (primary N) is 1. The highest BCUT2D eigenvalue weighted by molar-refractivity contribution is 5.80. The van der Waals surface area contributed by atoms with E-state index in [0.29, 0.717) is 31.1 Å². The molecule has 3 rings (SSSR count). The number of carbonyl (C=O) groups is 1. The van der Waals surface area contributed by atoms with Gasteiger partial charge in [0, 0.05) is 6.54 Å². The molecular weight excluding hydrogens is 408 g/mol. The molecule has 0 aliphatic rings. The van der Waals surface area contributed by atoms with Crippen LogP contribution in [-0.4, -0.2) is 31.3 Å². The molecule has 0 saturated carbocycles. The minimum Gasteiger partial charge on any atom is -0.508 e. The summed E-state index contributed by atoms with van der Waals surface area (Å²) < 4.78 is 16.7. The highest BCUT2D eigenvalue weighted by Crippen LogP contribution is 2.29. The van der Waals surface area contributed by atoms with Gasteiger partial charge in [-0.15, -0.1) is 0 Å². The first-order valence-corrected chi connectivity index (χ1v) is 10.2. The maximum absolute atomic E-state index is 11.9. The minimum atomic E-state index is -0.547. The van der Waals surface area contributed by atoms with Gasteiger partial charge in [0.1, 0.15) is 18.1 Å². The Morgan fingerprint density at radius 3 is 2.38 bits per heavy atom. The summed E-state index contributed by atoms with van der Waals surface area (Å²) in [5, 5.41) is 12.6. The lowest BCUT2D eigenvalue weighted by atomic mass is 10.0. The average Bonchev–Trinajstić information content (AvgIpc) is 2.81. The van der Waals surface area contributed by atoms with Gasteiger partial charge in [0.05, 0.1) is 20.3 Å². The maximum Gasteiger partial charge on any atom is 0.234 e. The molecule has 3 aromatic carbocycles. The Bertz CT molecular complexity index is 1040. The number of methoxy groups -OCH3 is 2. The summed E-state index contributed by atoms with van der Waals surface area (Å²) in [5.41, 5.74) is 8.38. The third-order valence-electron chi connectivity index (χ3n) is 5.03. The molecule has 0 spiro atoms. The number of phenolic OH excluding ortho intramolecular Hbond substituents is 1. The molecule has 1 amide bonds. The predicted octanol–water partition coefficient (Wildman–Crippen LogP) is 3.17. The molecule has 0 aromatic heterocycles. The predicted molar refractivity (Wildman–Crippen MR) is 122 cm³/mol. The molecule has 7 heteroatoms. The van der Waals surface area contributed by atoms with Gasteiger partial charge in [-0.25, -0.2) is 0 Å². The quantitative estimate of drug-likeness (QED) is 0.427. The number of hydrogen-bond acceptors (Lipinski definition) is 6. The molecule has 32 heavy (non-hydrogen) atoms. The molecule has 0 saturated heterocycles. The van der Waals surface area contributed by atoms with E-state index in [4.69, 9.17) is 19.9 Å². The van der Waals surface area contributed by atoms with E-state index in [0.717, 1.165) is 22.4 Å². The Morgan fingerprint density at radius 1 is 0.938 bits per heavy atom. The van der Waals surface area contributed by atoms with Crippen LogP contribution in [0.2, 0.25) is 0 Å². The first-order valence-electron chi connectivity index (χ1n) is 10.2. The first kappa shape index (κ1) is 23.0. The lowest BCUT2D eigenvalue weighted by Crippen LogP contribution is -2.42. The molecule has 1 unspecified atom stereocenters. The molecule has 0 fully saturated rings. The summed E-state index contributed by atoms with van der Waals surface area (Å²) >= 11 is 0. The van der Waals surface area contributed by atoms with Crippen molar-refractivity contribution in [1.82, 2.24) is 5.32 Å². The third-order valence-corrected chi connectivity index (χ3v) is 5.03. The highest BCUT2D eigenvalue weighted by Gasteiger charge is 2.16. The molecule has 0 radical (unpaired) electrons. The number of amides is 1. The zero-order chi connectivity index (χ0) is 22.9. The summed E-state index contributed by atoms with van der Waals surface area (Å²) in [6.07, 6.45) is 0.425. The van der Waals surface area contributed by atoms with Crippen molar-refractivity contribution in [2.24, 2.45) is 5.73 Å².